The Morgan fingerprint density at radius 2 is 1.76 bits per heavy atom. The van der Waals surface area contributed by atoms with Crippen molar-refractivity contribution in [1.82, 2.24) is 9.80 Å². The summed E-state index contributed by atoms with van der Waals surface area (Å²) in [7, 11) is 1.90. The molecule has 1 heterocycles. The number of piperidine rings is 1. The summed E-state index contributed by atoms with van der Waals surface area (Å²) in [6.45, 7) is 5.63. The maximum atomic E-state index is 12.3. The summed E-state index contributed by atoms with van der Waals surface area (Å²) in [6.07, 6.45) is 3.47. The minimum absolute atomic E-state index is 0.0475. The Hall–Kier alpha value is -0.680. The van der Waals surface area contributed by atoms with Crippen molar-refractivity contribution in [3.63, 3.8) is 0 Å². The molecule has 0 aromatic rings. The number of hydrogen-bond acceptors (Lipinski definition) is 3. The molecule has 1 saturated heterocycles. The number of nitrogens with two attached hydrogens (primary N) is 1. The van der Waals surface area contributed by atoms with Gasteiger partial charge in [0, 0.05) is 13.1 Å². The highest BCUT2D eigenvalue weighted by atomic mass is 32.1. The number of nitrogens with zero attached hydrogens (tertiary/aromatic N) is 2. The Labute approximate surface area is 109 Å². The lowest BCUT2D eigenvalue weighted by Crippen LogP contribution is -2.52. The van der Waals surface area contributed by atoms with Gasteiger partial charge in [-0.2, -0.15) is 0 Å². The van der Waals surface area contributed by atoms with Crippen LogP contribution in [0.4, 0.5) is 0 Å². The number of carbonyl (C=O) groups is 1. The van der Waals surface area contributed by atoms with Crippen LogP contribution in [-0.4, -0.2) is 52.9 Å². The highest BCUT2D eigenvalue weighted by molar-refractivity contribution is 7.80. The number of carbonyl (C=O) groups excluding carboxylic acids is 1. The Balaban J connectivity index is 2.58. The van der Waals surface area contributed by atoms with Crippen LogP contribution in [0.25, 0.3) is 0 Å². The zero-order valence-electron chi connectivity index (χ0n) is 11.0. The summed E-state index contributed by atoms with van der Waals surface area (Å²) >= 11 is 4.97. The summed E-state index contributed by atoms with van der Waals surface area (Å²) in [5, 5.41) is 0. The average molecular weight is 257 g/mol. The molecule has 4 nitrogen and oxygen atoms in total. The van der Waals surface area contributed by atoms with Crippen LogP contribution in [0.5, 0.6) is 0 Å². The molecule has 0 bridgehead atoms. The van der Waals surface area contributed by atoms with Gasteiger partial charge in [-0.3, -0.25) is 9.69 Å². The van der Waals surface area contributed by atoms with Crippen molar-refractivity contribution in [3.05, 3.63) is 0 Å². The summed E-state index contributed by atoms with van der Waals surface area (Å²) in [5.41, 5.74) is 5.62. The predicted molar refractivity (Wildman–Crippen MR) is 73.9 cm³/mol. The zero-order valence-corrected chi connectivity index (χ0v) is 11.8. The number of likely N-dealkylation sites (N-methyl/N-ethyl adjacent to an activating group) is 1. The van der Waals surface area contributed by atoms with Crippen LogP contribution in [0.1, 0.15) is 33.1 Å². The van der Waals surface area contributed by atoms with Gasteiger partial charge in [0.05, 0.1) is 17.1 Å². The van der Waals surface area contributed by atoms with Gasteiger partial charge in [-0.05, 0) is 40.2 Å². The minimum atomic E-state index is -0.162. The van der Waals surface area contributed by atoms with Crippen molar-refractivity contribution < 1.29 is 4.79 Å². The van der Waals surface area contributed by atoms with Gasteiger partial charge in [0.2, 0.25) is 5.91 Å². The van der Waals surface area contributed by atoms with Crippen LogP contribution in [0.15, 0.2) is 0 Å². The van der Waals surface area contributed by atoms with E-state index in [0.29, 0.717) is 4.99 Å². The quantitative estimate of drug-likeness (QED) is 0.763. The number of likely N-dealkylation sites (tertiary alicyclic amines) is 1. The van der Waals surface area contributed by atoms with Crippen LogP contribution < -0.4 is 5.73 Å². The van der Waals surface area contributed by atoms with Gasteiger partial charge in [-0.1, -0.05) is 12.2 Å². The van der Waals surface area contributed by atoms with Crippen LogP contribution in [0, 0.1) is 0 Å². The van der Waals surface area contributed by atoms with Gasteiger partial charge in [0.1, 0.15) is 0 Å². The molecular weight excluding hydrogens is 234 g/mol. The van der Waals surface area contributed by atoms with Gasteiger partial charge >= 0.3 is 0 Å². The lowest BCUT2D eigenvalue weighted by atomic mass is 10.1. The van der Waals surface area contributed by atoms with E-state index in [-0.39, 0.29) is 18.0 Å². The molecular formula is C12H23N3OS. The van der Waals surface area contributed by atoms with Crippen molar-refractivity contribution >= 4 is 23.1 Å². The molecule has 0 saturated carbocycles. The molecule has 2 unspecified atom stereocenters. The van der Waals surface area contributed by atoms with Crippen molar-refractivity contribution in [2.75, 3.05) is 20.1 Å². The second-order valence-electron chi connectivity index (χ2n) is 4.81. The van der Waals surface area contributed by atoms with E-state index in [9.17, 15) is 4.79 Å². The molecule has 1 aliphatic heterocycles. The third kappa shape index (κ3) is 3.64. The topological polar surface area (TPSA) is 49.6 Å². The summed E-state index contributed by atoms with van der Waals surface area (Å²) < 4.78 is 0. The molecule has 0 aliphatic carbocycles. The first-order chi connectivity index (χ1) is 7.95. The maximum absolute atomic E-state index is 12.3. The standard InChI is InChI=1S/C12H23N3OS/c1-9(11(13)17)14(3)10(2)12(16)15-7-5-4-6-8-15/h9-10H,4-8H2,1-3H3,(H2,13,17). The van der Waals surface area contributed by atoms with E-state index in [1.54, 1.807) is 0 Å². The van der Waals surface area contributed by atoms with Gasteiger partial charge in [0.25, 0.3) is 0 Å². The smallest absolute Gasteiger partial charge is 0.239 e. The molecule has 2 atom stereocenters. The molecule has 1 amide bonds. The third-order valence-corrected chi connectivity index (χ3v) is 4.00. The Kier molecular flexibility index (Phi) is 5.33. The van der Waals surface area contributed by atoms with Gasteiger partial charge in [-0.25, -0.2) is 0 Å². The lowest BCUT2D eigenvalue weighted by Gasteiger charge is -2.35. The molecule has 1 aliphatic rings. The fraction of sp³-hybridized carbons (Fsp3) is 0.833. The fourth-order valence-electron chi connectivity index (χ4n) is 2.09. The zero-order chi connectivity index (χ0) is 13.0. The van der Waals surface area contributed by atoms with E-state index >= 15 is 0 Å². The second-order valence-corrected chi connectivity index (χ2v) is 5.28. The Bertz CT molecular complexity index is 289. The summed E-state index contributed by atoms with van der Waals surface area (Å²) in [6, 6.07) is -0.210. The molecule has 0 aromatic carbocycles. The maximum Gasteiger partial charge on any atom is 0.239 e. The van der Waals surface area contributed by atoms with Gasteiger partial charge in [0.15, 0.2) is 0 Å². The van der Waals surface area contributed by atoms with E-state index < -0.39 is 0 Å². The van der Waals surface area contributed by atoms with Crippen LogP contribution in [0.3, 0.4) is 0 Å². The lowest BCUT2D eigenvalue weighted by molar-refractivity contribution is -0.137. The highest BCUT2D eigenvalue weighted by Gasteiger charge is 2.28. The second kappa shape index (κ2) is 6.31. The first kappa shape index (κ1) is 14.4. The highest BCUT2D eigenvalue weighted by Crippen LogP contribution is 2.13. The van der Waals surface area contributed by atoms with E-state index in [1.165, 1.54) is 6.42 Å². The van der Waals surface area contributed by atoms with Gasteiger partial charge < -0.3 is 10.6 Å². The van der Waals surface area contributed by atoms with Gasteiger partial charge in [-0.15, -0.1) is 0 Å². The molecule has 17 heavy (non-hydrogen) atoms. The summed E-state index contributed by atoms with van der Waals surface area (Å²) in [5.74, 6) is 0.190. The summed E-state index contributed by atoms with van der Waals surface area (Å²) in [4.78, 5) is 16.6. The average Bonchev–Trinajstić information content (AvgIpc) is 2.36. The van der Waals surface area contributed by atoms with Crippen molar-refractivity contribution in [2.45, 2.75) is 45.2 Å². The monoisotopic (exact) mass is 257 g/mol. The van der Waals surface area contributed by atoms with Crippen LogP contribution in [-0.2, 0) is 4.79 Å². The first-order valence-corrected chi connectivity index (χ1v) is 6.66. The number of thiocarbonyl (C=S) groups is 1. The van der Waals surface area contributed by atoms with Crippen LogP contribution in [0.2, 0.25) is 0 Å². The van der Waals surface area contributed by atoms with Crippen molar-refractivity contribution in [3.8, 4) is 0 Å². The Morgan fingerprint density at radius 3 is 2.24 bits per heavy atom. The molecule has 0 spiro atoms. The largest absolute Gasteiger partial charge is 0.392 e. The molecule has 2 N–H and O–H groups in total. The molecule has 1 rings (SSSR count). The molecule has 98 valence electrons. The van der Waals surface area contributed by atoms with E-state index in [4.69, 9.17) is 18.0 Å². The number of amides is 1. The van der Waals surface area contributed by atoms with E-state index in [1.807, 2.05) is 30.7 Å². The van der Waals surface area contributed by atoms with Crippen molar-refractivity contribution in [2.24, 2.45) is 5.73 Å². The molecule has 5 heteroatoms. The SMILES string of the molecule is CC(C(=O)N1CCCCC1)N(C)C(C)C(N)=S. The minimum Gasteiger partial charge on any atom is -0.392 e. The van der Waals surface area contributed by atoms with Crippen LogP contribution >= 0.6 is 12.2 Å². The normalized spacial score (nSPS) is 20.1. The third-order valence-electron chi connectivity index (χ3n) is 3.66. The van der Waals surface area contributed by atoms with Crippen molar-refractivity contribution in [1.29, 1.82) is 0 Å². The number of hydrogen-bond donors (Lipinski definition) is 1. The molecule has 0 radical (unpaired) electrons. The first-order valence-electron chi connectivity index (χ1n) is 6.25. The molecule has 1 fully saturated rings. The predicted octanol–water partition coefficient (Wildman–Crippen LogP) is 0.994. The van der Waals surface area contributed by atoms with E-state index in [2.05, 4.69) is 0 Å². The number of rotatable bonds is 4. The van der Waals surface area contributed by atoms with E-state index in [0.717, 1.165) is 25.9 Å². The fourth-order valence-corrected chi connectivity index (χ4v) is 2.26. The Morgan fingerprint density at radius 1 is 1.24 bits per heavy atom. The molecule has 0 aromatic heterocycles.